The van der Waals surface area contributed by atoms with Crippen LogP contribution in [0.1, 0.15) is 139 Å². The molecule has 0 atom stereocenters. The lowest BCUT2D eigenvalue weighted by Gasteiger charge is -2.12. The molecule has 0 N–H and O–H groups in total. The first-order valence-electron chi connectivity index (χ1n) is 19.7. The molecule has 3 rings (SSSR count). The van der Waals surface area contributed by atoms with Crippen LogP contribution in [-0.2, 0) is 48.4 Å². The highest BCUT2D eigenvalue weighted by Gasteiger charge is 2.17. The zero-order valence-corrected chi connectivity index (χ0v) is 32.0. The van der Waals surface area contributed by atoms with Gasteiger partial charge in [-0.2, -0.15) is 0 Å². The number of allylic oxidation sites excluding steroid dienone is 1. The number of esters is 2. The Kier molecular flexibility index (Phi) is 26.0. The normalized spacial score (nSPS) is 11.2. The minimum Gasteiger partial charge on any atom is -0.461 e. The maximum Gasteiger partial charge on any atom is 0.341 e. The summed E-state index contributed by atoms with van der Waals surface area (Å²) < 4.78 is 15.8. The van der Waals surface area contributed by atoms with Gasteiger partial charge in [-0.05, 0) is 48.8 Å². The predicted molar refractivity (Wildman–Crippen MR) is 212 cm³/mol. The van der Waals surface area contributed by atoms with Gasteiger partial charge in [0, 0.05) is 13.5 Å². The third kappa shape index (κ3) is 22.0. The van der Waals surface area contributed by atoms with Crippen LogP contribution in [0.2, 0.25) is 0 Å². The second-order valence-electron chi connectivity index (χ2n) is 13.5. The van der Waals surface area contributed by atoms with Crippen LogP contribution < -0.4 is 0 Å². The van der Waals surface area contributed by atoms with Crippen molar-refractivity contribution in [3.8, 4) is 0 Å². The molecule has 3 aromatic carbocycles. The summed E-state index contributed by atoms with van der Waals surface area (Å²) in [6.07, 6.45) is 19.7. The highest BCUT2D eigenvalue weighted by Crippen LogP contribution is 2.23. The Labute approximate surface area is 314 Å². The third-order valence-corrected chi connectivity index (χ3v) is 9.02. The van der Waals surface area contributed by atoms with Crippen LogP contribution in [0.4, 0.5) is 0 Å². The average molecular weight is 713 g/mol. The number of benzene rings is 3. The maximum absolute atomic E-state index is 12.9. The van der Waals surface area contributed by atoms with Gasteiger partial charge in [-0.25, -0.2) is 4.79 Å². The van der Waals surface area contributed by atoms with Gasteiger partial charge < -0.3 is 14.2 Å². The summed E-state index contributed by atoms with van der Waals surface area (Å²) in [6.45, 7) is 3.46. The lowest BCUT2D eigenvalue weighted by Crippen LogP contribution is -2.12. The number of carbonyl (C=O) groups is 3. The van der Waals surface area contributed by atoms with Crippen molar-refractivity contribution in [3.63, 3.8) is 0 Å². The van der Waals surface area contributed by atoms with E-state index in [1.54, 1.807) is 7.11 Å². The molecular formula is C46H64O6. The van der Waals surface area contributed by atoms with Crippen LogP contribution >= 0.6 is 0 Å². The van der Waals surface area contributed by atoms with Gasteiger partial charge in [0.1, 0.15) is 13.2 Å². The Bertz CT molecular complexity index is 1350. The molecule has 0 radical (unpaired) electrons. The third-order valence-electron chi connectivity index (χ3n) is 9.02. The Morgan fingerprint density at radius 1 is 0.500 bits per heavy atom. The van der Waals surface area contributed by atoms with Crippen molar-refractivity contribution in [1.82, 2.24) is 0 Å². The standard InChI is InChI=1S/C38H54O5.C8H10O/c1-2-3-4-5-6-8-11-20-27-35(36(30-39)38(41)43-32-34-25-18-15-19-26-34)28-21-12-9-7-10-13-22-29-37(40)42-31-33-23-16-14-17-24-33;1-9-7-8-5-3-2-4-6-8/h14-19,23-26,30H,2-13,20-22,27-29,31-32H2,1H3;2-6H,7H2,1H3/b36-35+;. The second-order valence-corrected chi connectivity index (χ2v) is 13.5. The van der Waals surface area contributed by atoms with E-state index in [1.165, 1.54) is 44.1 Å². The van der Waals surface area contributed by atoms with Gasteiger partial charge in [0.15, 0.2) is 6.29 Å². The summed E-state index contributed by atoms with van der Waals surface area (Å²) in [4.78, 5) is 36.9. The highest BCUT2D eigenvalue weighted by atomic mass is 16.5. The maximum atomic E-state index is 12.9. The van der Waals surface area contributed by atoms with Crippen molar-refractivity contribution in [2.45, 2.75) is 142 Å². The molecule has 0 heterocycles. The van der Waals surface area contributed by atoms with Crippen LogP contribution in [0.5, 0.6) is 0 Å². The molecule has 0 amide bonds. The number of rotatable bonds is 27. The Morgan fingerprint density at radius 2 is 0.885 bits per heavy atom. The van der Waals surface area contributed by atoms with E-state index < -0.39 is 5.97 Å². The predicted octanol–water partition coefficient (Wildman–Crippen LogP) is 11.8. The Balaban J connectivity index is 0.000000901. The van der Waals surface area contributed by atoms with Crippen LogP contribution in [0.25, 0.3) is 0 Å². The summed E-state index contributed by atoms with van der Waals surface area (Å²) >= 11 is 0. The van der Waals surface area contributed by atoms with Crippen molar-refractivity contribution >= 4 is 18.2 Å². The first kappa shape index (κ1) is 44.1. The van der Waals surface area contributed by atoms with E-state index in [0.29, 0.717) is 25.9 Å². The average Bonchev–Trinajstić information content (AvgIpc) is 3.18. The molecule has 52 heavy (non-hydrogen) atoms. The lowest BCUT2D eigenvalue weighted by molar-refractivity contribution is -0.145. The molecule has 0 bridgehead atoms. The van der Waals surface area contributed by atoms with E-state index in [0.717, 1.165) is 87.3 Å². The van der Waals surface area contributed by atoms with Gasteiger partial charge in [-0.15, -0.1) is 0 Å². The first-order chi connectivity index (χ1) is 25.6. The van der Waals surface area contributed by atoms with Gasteiger partial charge in [-0.3, -0.25) is 9.59 Å². The zero-order valence-electron chi connectivity index (χ0n) is 32.0. The molecule has 0 saturated carbocycles. The Morgan fingerprint density at radius 3 is 1.31 bits per heavy atom. The van der Waals surface area contributed by atoms with E-state index in [2.05, 4.69) is 6.92 Å². The topological polar surface area (TPSA) is 78.9 Å². The quantitative estimate of drug-likeness (QED) is 0.0195. The van der Waals surface area contributed by atoms with Crippen molar-refractivity contribution in [2.75, 3.05) is 7.11 Å². The number of hydrogen-bond donors (Lipinski definition) is 0. The molecule has 0 aliphatic heterocycles. The smallest absolute Gasteiger partial charge is 0.341 e. The van der Waals surface area contributed by atoms with E-state index in [-0.39, 0.29) is 18.1 Å². The molecule has 0 fully saturated rings. The zero-order chi connectivity index (χ0) is 37.3. The minimum absolute atomic E-state index is 0.132. The van der Waals surface area contributed by atoms with Gasteiger partial charge >= 0.3 is 11.9 Å². The van der Waals surface area contributed by atoms with Crippen molar-refractivity contribution in [1.29, 1.82) is 0 Å². The van der Waals surface area contributed by atoms with E-state index in [9.17, 15) is 14.4 Å². The number of ether oxygens (including phenoxy) is 3. The molecule has 6 nitrogen and oxygen atoms in total. The van der Waals surface area contributed by atoms with Crippen molar-refractivity contribution in [2.24, 2.45) is 0 Å². The molecule has 0 aliphatic rings. The van der Waals surface area contributed by atoms with Gasteiger partial charge in [0.25, 0.3) is 0 Å². The van der Waals surface area contributed by atoms with Gasteiger partial charge in [0.05, 0.1) is 12.2 Å². The SMILES string of the molecule is CCCCCCCCCC/C(CCCCCCCCCC(=O)OCc1ccccc1)=C(/C=O)C(=O)OCc1ccccc1.COCc1ccccc1. The largest absolute Gasteiger partial charge is 0.461 e. The lowest BCUT2D eigenvalue weighted by atomic mass is 9.95. The van der Waals surface area contributed by atoms with Gasteiger partial charge in [0.2, 0.25) is 0 Å². The number of unbranched alkanes of at least 4 members (excludes halogenated alkanes) is 13. The highest BCUT2D eigenvalue weighted by molar-refractivity contribution is 6.08. The monoisotopic (exact) mass is 712 g/mol. The number of methoxy groups -OCH3 is 1. The van der Waals surface area contributed by atoms with Crippen LogP contribution in [-0.4, -0.2) is 25.3 Å². The molecule has 0 spiro atoms. The summed E-state index contributed by atoms with van der Waals surface area (Å²) in [7, 11) is 1.70. The minimum atomic E-state index is -0.504. The summed E-state index contributed by atoms with van der Waals surface area (Å²) in [5.74, 6) is -0.636. The van der Waals surface area contributed by atoms with Crippen LogP contribution in [0.3, 0.4) is 0 Å². The molecule has 284 valence electrons. The molecule has 0 aromatic heterocycles. The van der Waals surface area contributed by atoms with E-state index >= 15 is 0 Å². The van der Waals surface area contributed by atoms with Crippen LogP contribution in [0.15, 0.2) is 102 Å². The molecule has 3 aromatic rings. The van der Waals surface area contributed by atoms with Crippen molar-refractivity contribution in [3.05, 3.63) is 119 Å². The van der Waals surface area contributed by atoms with E-state index in [1.807, 2.05) is 91.0 Å². The second kappa shape index (κ2) is 30.6. The van der Waals surface area contributed by atoms with Gasteiger partial charge in [-0.1, -0.05) is 181 Å². The summed E-state index contributed by atoms with van der Waals surface area (Å²) in [5, 5.41) is 0. The summed E-state index contributed by atoms with van der Waals surface area (Å²) in [6, 6.07) is 29.4. The molecular weight excluding hydrogens is 649 g/mol. The summed E-state index contributed by atoms with van der Waals surface area (Å²) in [5.41, 5.74) is 4.32. The number of carbonyl (C=O) groups excluding carboxylic acids is 3. The van der Waals surface area contributed by atoms with Crippen LogP contribution in [0, 0.1) is 0 Å². The van der Waals surface area contributed by atoms with Crippen molar-refractivity contribution < 1.29 is 28.6 Å². The Hall–Kier alpha value is -4.03. The fourth-order valence-electron chi connectivity index (χ4n) is 5.99. The number of hydrogen-bond acceptors (Lipinski definition) is 6. The first-order valence-corrected chi connectivity index (χ1v) is 19.7. The fraction of sp³-hybridized carbons (Fsp3) is 0.500. The molecule has 6 heteroatoms. The fourth-order valence-corrected chi connectivity index (χ4v) is 5.99. The molecule has 0 unspecified atom stereocenters. The van der Waals surface area contributed by atoms with E-state index in [4.69, 9.17) is 14.2 Å². The molecule has 0 aliphatic carbocycles. The number of aldehydes is 1. The molecule has 0 saturated heterocycles.